The predicted octanol–water partition coefficient (Wildman–Crippen LogP) is 4.75. The van der Waals surface area contributed by atoms with Crippen LogP contribution in [-0.2, 0) is 17.4 Å². The second kappa shape index (κ2) is 7.40. The highest BCUT2D eigenvalue weighted by Gasteiger charge is 2.21. The SMILES string of the molecule is CC(C)(C)c1ccc(C(C)(C)CNCc2cccc(C(=O)O)c2)cc1. The van der Waals surface area contributed by atoms with Crippen molar-refractivity contribution in [2.24, 2.45) is 0 Å². The molecular formula is C22H29NO2. The number of benzene rings is 2. The fourth-order valence-corrected chi connectivity index (χ4v) is 2.86. The standard InChI is InChI=1S/C22H29NO2/c1-21(2,3)18-9-11-19(12-10-18)22(4,5)15-23-14-16-7-6-8-17(13-16)20(24)25/h6-13,23H,14-15H2,1-5H3,(H,24,25). The molecule has 0 radical (unpaired) electrons. The first-order valence-electron chi connectivity index (χ1n) is 8.73. The van der Waals surface area contributed by atoms with Gasteiger partial charge in [-0.25, -0.2) is 4.79 Å². The summed E-state index contributed by atoms with van der Waals surface area (Å²) in [6.07, 6.45) is 0. The Kier molecular flexibility index (Phi) is 5.69. The van der Waals surface area contributed by atoms with Gasteiger partial charge in [-0.05, 0) is 34.2 Å². The van der Waals surface area contributed by atoms with Crippen molar-refractivity contribution in [3.8, 4) is 0 Å². The molecule has 0 aliphatic heterocycles. The zero-order chi connectivity index (χ0) is 18.7. The third-order valence-corrected chi connectivity index (χ3v) is 4.60. The summed E-state index contributed by atoms with van der Waals surface area (Å²) in [7, 11) is 0. The summed E-state index contributed by atoms with van der Waals surface area (Å²) in [5.74, 6) is -0.888. The van der Waals surface area contributed by atoms with Crippen LogP contribution < -0.4 is 5.32 Å². The molecule has 2 rings (SSSR count). The third-order valence-electron chi connectivity index (χ3n) is 4.60. The van der Waals surface area contributed by atoms with Crippen LogP contribution in [0.4, 0.5) is 0 Å². The van der Waals surface area contributed by atoms with Crippen molar-refractivity contribution in [3.63, 3.8) is 0 Å². The first kappa shape index (κ1) is 19.2. The van der Waals surface area contributed by atoms with Crippen molar-refractivity contribution >= 4 is 5.97 Å². The van der Waals surface area contributed by atoms with Crippen molar-refractivity contribution in [2.75, 3.05) is 6.54 Å². The van der Waals surface area contributed by atoms with Crippen LogP contribution in [0.25, 0.3) is 0 Å². The van der Waals surface area contributed by atoms with E-state index in [1.54, 1.807) is 18.2 Å². The Morgan fingerprint density at radius 2 is 1.56 bits per heavy atom. The molecule has 0 aromatic heterocycles. The summed E-state index contributed by atoms with van der Waals surface area (Å²) in [6.45, 7) is 12.6. The molecule has 2 N–H and O–H groups in total. The van der Waals surface area contributed by atoms with Crippen molar-refractivity contribution < 1.29 is 9.90 Å². The van der Waals surface area contributed by atoms with Crippen molar-refractivity contribution in [2.45, 2.75) is 52.0 Å². The van der Waals surface area contributed by atoms with E-state index in [4.69, 9.17) is 5.11 Å². The zero-order valence-corrected chi connectivity index (χ0v) is 15.9. The summed E-state index contributed by atoms with van der Waals surface area (Å²) in [5, 5.41) is 12.5. The molecule has 0 saturated carbocycles. The molecule has 0 fully saturated rings. The summed E-state index contributed by atoms with van der Waals surface area (Å²) in [6, 6.07) is 15.9. The largest absolute Gasteiger partial charge is 0.478 e. The van der Waals surface area contributed by atoms with Crippen LogP contribution in [0, 0.1) is 0 Å². The van der Waals surface area contributed by atoms with Gasteiger partial charge in [-0.2, -0.15) is 0 Å². The van der Waals surface area contributed by atoms with Gasteiger partial charge in [0.25, 0.3) is 0 Å². The van der Waals surface area contributed by atoms with Crippen molar-refractivity contribution in [1.82, 2.24) is 5.32 Å². The quantitative estimate of drug-likeness (QED) is 0.798. The molecule has 2 aromatic rings. The smallest absolute Gasteiger partial charge is 0.335 e. The number of hydrogen-bond donors (Lipinski definition) is 2. The van der Waals surface area contributed by atoms with E-state index < -0.39 is 5.97 Å². The van der Waals surface area contributed by atoms with E-state index >= 15 is 0 Å². The Hall–Kier alpha value is -2.13. The maximum absolute atomic E-state index is 11.0. The van der Waals surface area contributed by atoms with Gasteiger partial charge in [0.15, 0.2) is 0 Å². The lowest BCUT2D eigenvalue weighted by Crippen LogP contribution is -2.32. The van der Waals surface area contributed by atoms with Crippen LogP contribution in [0.3, 0.4) is 0 Å². The Morgan fingerprint density at radius 3 is 2.12 bits per heavy atom. The van der Waals surface area contributed by atoms with Gasteiger partial charge in [-0.1, -0.05) is 71.0 Å². The monoisotopic (exact) mass is 339 g/mol. The fraction of sp³-hybridized carbons (Fsp3) is 0.409. The molecule has 2 aromatic carbocycles. The van der Waals surface area contributed by atoms with Crippen LogP contribution in [0.1, 0.15) is 61.7 Å². The first-order chi connectivity index (χ1) is 11.6. The minimum atomic E-state index is -0.888. The molecule has 3 nitrogen and oxygen atoms in total. The van der Waals surface area contributed by atoms with E-state index in [0.29, 0.717) is 12.1 Å². The van der Waals surface area contributed by atoms with Crippen LogP contribution in [0.15, 0.2) is 48.5 Å². The summed E-state index contributed by atoms with van der Waals surface area (Å²) in [5.41, 5.74) is 4.12. The molecule has 0 atom stereocenters. The highest BCUT2D eigenvalue weighted by molar-refractivity contribution is 5.87. The van der Waals surface area contributed by atoms with E-state index in [9.17, 15) is 4.79 Å². The lowest BCUT2D eigenvalue weighted by molar-refractivity contribution is 0.0696. The van der Waals surface area contributed by atoms with E-state index in [0.717, 1.165) is 12.1 Å². The maximum Gasteiger partial charge on any atom is 0.335 e. The molecular weight excluding hydrogens is 310 g/mol. The number of aromatic carboxylic acids is 1. The Labute approximate surface area is 151 Å². The Balaban J connectivity index is 1.99. The summed E-state index contributed by atoms with van der Waals surface area (Å²) < 4.78 is 0. The number of carboxylic acids is 1. The van der Waals surface area contributed by atoms with Gasteiger partial charge in [0.05, 0.1) is 5.56 Å². The Morgan fingerprint density at radius 1 is 0.960 bits per heavy atom. The van der Waals surface area contributed by atoms with E-state index in [2.05, 4.69) is 64.2 Å². The molecule has 0 amide bonds. The average molecular weight is 339 g/mol. The summed E-state index contributed by atoms with van der Waals surface area (Å²) >= 11 is 0. The molecule has 0 saturated heterocycles. The third kappa shape index (κ3) is 5.17. The normalized spacial score (nSPS) is 12.2. The van der Waals surface area contributed by atoms with Crippen molar-refractivity contribution in [1.29, 1.82) is 0 Å². The molecule has 0 unspecified atom stereocenters. The number of carboxylic acid groups (broad SMARTS) is 1. The van der Waals surface area contributed by atoms with Gasteiger partial charge in [0, 0.05) is 18.5 Å². The molecule has 134 valence electrons. The van der Waals surface area contributed by atoms with Gasteiger partial charge in [-0.15, -0.1) is 0 Å². The molecule has 0 aliphatic rings. The summed E-state index contributed by atoms with van der Waals surface area (Å²) in [4.78, 5) is 11.0. The highest BCUT2D eigenvalue weighted by atomic mass is 16.4. The van der Waals surface area contributed by atoms with Crippen molar-refractivity contribution in [3.05, 3.63) is 70.8 Å². The topological polar surface area (TPSA) is 49.3 Å². The second-order valence-electron chi connectivity index (χ2n) is 8.32. The second-order valence-corrected chi connectivity index (χ2v) is 8.32. The fourth-order valence-electron chi connectivity index (χ4n) is 2.86. The molecule has 0 spiro atoms. The van der Waals surface area contributed by atoms with Gasteiger partial charge in [-0.3, -0.25) is 0 Å². The maximum atomic E-state index is 11.0. The van der Waals surface area contributed by atoms with Gasteiger partial charge in [0.1, 0.15) is 0 Å². The number of carbonyl (C=O) groups is 1. The van der Waals surface area contributed by atoms with Crippen LogP contribution >= 0.6 is 0 Å². The lowest BCUT2D eigenvalue weighted by atomic mass is 9.81. The predicted molar refractivity (Wildman–Crippen MR) is 103 cm³/mol. The minimum absolute atomic E-state index is 0.000816. The van der Waals surface area contributed by atoms with E-state index in [-0.39, 0.29) is 10.8 Å². The lowest BCUT2D eigenvalue weighted by Gasteiger charge is -2.27. The number of rotatable bonds is 6. The van der Waals surface area contributed by atoms with E-state index in [1.165, 1.54) is 11.1 Å². The zero-order valence-electron chi connectivity index (χ0n) is 15.9. The molecule has 0 heterocycles. The van der Waals surface area contributed by atoms with Crippen LogP contribution in [0.2, 0.25) is 0 Å². The number of hydrogen-bond acceptors (Lipinski definition) is 2. The van der Waals surface area contributed by atoms with Gasteiger partial charge < -0.3 is 10.4 Å². The number of nitrogens with one attached hydrogen (secondary N) is 1. The van der Waals surface area contributed by atoms with Gasteiger partial charge >= 0.3 is 5.97 Å². The minimum Gasteiger partial charge on any atom is -0.478 e. The molecule has 25 heavy (non-hydrogen) atoms. The highest BCUT2D eigenvalue weighted by Crippen LogP contribution is 2.27. The Bertz CT molecular complexity index is 724. The average Bonchev–Trinajstić information content (AvgIpc) is 2.54. The van der Waals surface area contributed by atoms with Crippen LogP contribution in [-0.4, -0.2) is 17.6 Å². The van der Waals surface area contributed by atoms with Crippen LogP contribution in [0.5, 0.6) is 0 Å². The van der Waals surface area contributed by atoms with E-state index in [1.807, 2.05) is 6.07 Å². The molecule has 0 aliphatic carbocycles. The molecule has 0 bridgehead atoms. The first-order valence-corrected chi connectivity index (χ1v) is 8.73. The van der Waals surface area contributed by atoms with Gasteiger partial charge in [0.2, 0.25) is 0 Å². The molecule has 3 heteroatoms.